The highest BCUT2D eigenvalue weighted by atomic mass is 15.2. The van der Waals surface area contributed by atoms with Crippen molar-refractivity contribution in [3.05, 3.63) is 42.5 Å². The van der Waals surface area contributed by atoms with Crippen LogP contribution >= 0.6 is 0 Å². The minimum Gasteiger partial charge on any atom is -0.370 e. The van der Waals surface area contributed by atoms with Crippen LogP contribution in [-0.2, 0) is 0 Å². The lowest BCUT2D eigenvalue weighted by molar-refractivity contribution is 0.687. The van der Waals surface area contributed by atoms with Gasteiger partial charge in [0.15, 0.2) is 0 Å². The van der Waals surface area contributed by atoms with Crippen LogP contribution in [0.25, 0.3) is 0 Å². The van der Waals surface area contributed by atoms with Crippen molar-refractivity contribution in [2.45, 2.75) is 31.7 Å². The molecule has 1 unspecified atom stereocenters. The van der Waals surface area contributed by atoms with E-state index in [1.807, 2.05) is 12.3 Å². The molecule has 1 N–H and O–H groups in total. The van der Waals surface area contributed by atoms with E-state index in [0.29, 0.717) is 6.04 Å². The highest BCUT2D eigenvalue weighted by molar-refractivity contribution is 5.50. The summed E-state index contributed by atoms with van der Waals surface area (Å²) < 4.78 is 0. The first-order valence-electron chi connectivity index (χ1n) is 8.13. The lowest BCUT2D eigenvalue weighted by atomic mass is 10.1. The lowest BCUT2D eigenvalue weighted by Gasteiger charge is -2.25. The van der Waals surface area contributed by atoms with Crippen molar-refractivity contribution < 1.29 is 0 Å². The van der Waals surface area contributed by atoms with Gasteiger partial charge in [-0.05, 0) is 43.7 Å². The van der Waals surface area contributed by atoms with Gasteiger partial charge in [-0.2, -0.15) is 0 Å². The molecule has 0 amide bonds. The molecule has 22 heavy (non-hydrogen) atoms. The Balaban J connectivity index is 1.53. The molecule has 1 atom stereocenters. The van der Waals surface area contributed by atoms with Crippen LogP contribution in [0.5, 0.6) is 0 Å². The van der Waals surface area contributed by atoms with Gasteiger partial charge in [-0.1, -0.05) is 6.07 Å². The topological polar surface area (TPSA) is 53.9 Å². The van der Waals surface area contributed by atoms with Gasteiger partial charge in [-0.15, -0.1) is 0 Å². The second-order valence-corrected chi connectivity index (χ2v) is 6.19. The first-order valence-corrected chi connectivity index (χ1v) is 8.13. The number of hydrogen-bond donors (Lipinski definition) is 1. The zero-order chi connectivity index (χ0) is 14.8. The molecule has 0 aromatic carbocycles. The van der Waals surface area contributed by atoms with Gasteiger partial charge in [0.2, 0.25) is 0 Å². The van der Waals surface area contributed by atoms with Crippen LogP contribution in [0.3, 0.4) is 0 Å². The van der Waals surface area contributed by atoms with Gasteiger partial charge in [0, 0.05) is 25.4 Å². The van der Waals surface area contributed by atoms with Crippen molar-refractivity contribution >= 4 is 11.6 Å². The normalized spacial score (nSPS) is 21.1. The van der Waals surface area contributed by atoms with Crippen LogP contribution in [0.2, 0.25) is 0 Å². The summed E-state index contributed by atoms with van der Waals surface area (Å²) in [5.74, 6) is 2.77. The Kier molecular flexibility index (Phi) is 3.62. The fourth-order valence-corrected chi connectivity index (χ4v) is 3.09. The fraction of sp³-hybridized carbons (Fsp3) is 0.471. The Hall–Kier alpha value is -2.17. The standard InChI is InChI=1S/C17H21N5/c1-2-8-18-14(4-1)15-5-3-9-22(15)17-10-16(20-12-21-17)19-11-13-6-7-13/h1-2,4,8,10,12-13,15H,3,5-7,9,11H2,(H,19,20,21). The van der Waals surface area contributed by atoms with Gasteiger partial charge in [-0.25, -0.2) is 9.97 Å². The van der Waals surface area contributed by atoms with E-state index < -0.39 is 0 Å². The SMILES string of the molecule is c1ccc(C2CCCN2c2cc(NCC3CC3)ncn2)nc1. The molecule has 3 heterocycles. The van der Waals surface area contributed by atoms with Crippen molar-refractivity contribution in [1.29, 1.82) is 0 Å². The van der Waals surface area contributed by atoms with E-state index in [-0.39, 0.29) is 0 Å². The summed E-state index contributed by atoms with van der Waals surface area (Å²) in [4.78, 5) is 15.7. The molecule has 114 valence electrons. The van der Waals surface area contributed by atoms with Crippen LogP contribution < -0.4 is 10.2 Å². The number of aromatic nitrogens is 3. The molecule has 0 spiro atoms. The Morgan fingerprint density at radius 2 is 2.09 bits per heavy atom. The molecular formula is C17H21N5. The predicted octanol–water partition coefficient (Wildman–Crippen LogP) is 3.04. The van der Waals surface area contributed by atoms with Gasteiger partial charge in [0.25, 0.3) is 0 Å². The molecule has 2 fully saturated rings. The Bertz CT molecular complexity index is 626. The van der Waals surface area contributed by atoms with Gasteiger partial charge in [0.1, 0.15) is 18.0 Å². The van der Waals surface area contributed by atoms with Crippen LogP contribution in [-0.4, -0.2) is 28.0 Å². The molecule has 1 saturated heterocycles. The second-order valence-electron chi connectivity index (χ2n) is 6.19. The van der Waals surface area contributed by atoms with Gasteiger partial charge in [-0.3, -0.25) is 4.98 Å². The minimum absolute atomic E-state index is 0.326. The minimum atomic E-state index is 0.326. The van der Waals surface area contributed by atoms with Crippen LogP contribution in [0.1, 0.15) is 37.4 Å². The van der Waals surface area contributed by atoms with Crippen LogP contribution in [0.15, 0.2) is 36.8 Å². The number of nitrogens with zero attached hydrogens (tertiary/aromatic N) is 4. The quantitative estimate of drug-likeness (QED) is 0.919. The van der Waals surface area contributed by atoms with Gasteiger partial charge in [0.05, 0.1) is 11.7 Å². The number of rotatable bonds is 5. The molecule has 5 heteroatoms. The number of nitrogens with one attached hydrogen (secondary N) is 1. The average Bonchev–Trinajstić information content (AvgIpc) is 3.28. The highest BCUT2D eigenvalue weighted by Gasteiger charge is 2.28. The summed E-state index contributed by atoms with van der Waals surface area (Å²) >= 11 is 0. The summed E-state index contributed by atoms with van der Waals surface area (Å²) in [5, 5.41) is 3.43. The first-order chi connectivity index (χ1) is 10.9. The van der Waals surface area contributed by atoms with Crippen molar-refractivity contribution in [3.63, 3.8) is 0 Å². The van der Waals surface area contributed by atoms with E-state index in [0.717, 1.165) is 42.8 Å². The van der Waals surface area contributed by atoms with E-state index in [9.17, 15) is 0 Å². The maximum absolute atomic E-state index is 4.53. The largest absolute Gasteiger partial charge is 0.370 e. The third-order valence-corrected chi connectivity index (χ3v) is 4.50. The average molecular weight is 295 g/mol. The second kappa shape index (κ2) is 5.91. The van der Waals surface area contributed by atoms with Crippen molar-refractivity contribution in [1.82, 2.24) is 15.0 Å². The third kappa shape index (κ3) is 2.89. The van der Waals surface area contributed by atoms with Gasteiger partial charge < -0.3 is 10.2 Å². The van der Waals surface area contributed by atoms with E-state index in [1.165, 1.54) is 19.3 Å². The van der Waals surface area contributed by atoms with E-state index in [2.05, 4.69) is 43.4 Å². The van der Waals surface area contributed by atoms with Crippen LogP contribution in [0, 0.1) is 5.92 Å². The zero-order valence-electron chi connectivity index (χ0n) is 12.7. The predicted molar refractivity (Wildman–Crippen MR) is 86.8 cm³/mol. The Labute approximate surface area is 130 Å². The molecule has 1 saturated carbocycles. The molecular weight excluding hydrogens is 274 g/mol. The van der Waals surface area contributed by atoms with Crippen LogP contribution in [0.4, 0.5) is 11.6 Å². The van der Waals surface area contributed by atoms with E-state index in [1.54, 1.807) is 6.33 Å². The number of anilines is 2. The molecule has 1 aliphatic heterocycles. The lowest BCUT2D eigenvalue weighted by Crippen LogP contribution is -2.24. The third-order valence-electron chi connectivity index (χ3n) is 4.50. The molecule has 1 aliphatic carbocycles. The smallest absolute Gasteiger partial charge is 0.134 e. The number of hydrogen-bond acceptors (Lipinski definition) is 5. The maximum Gasteiger partial charge on any atom is 0.134 e. The molecule has 2 aliphatic rings. The van der Waals surface area contributed by atoms with E-state index >= 15 is 0 Å². The molecule has 2 aromatic heterocycles. The Morgan fingerprint density at radius 3 is 2.91 bits per heavy atom. The maximum atomic E-state index is 4.53. The summed E-state index contributed by atoms with van der Waals surface area (Å²) in [6.07, 6.45) is 8.53. The molecule has 2 aromatic rings. The highest BCUT2D eigenvalue weighted by Crippen LogP contribution is 2.34. The van der Waals surface area contributed by atoms with Crippen molar-refractivity contribution in [2.24, 2.45) is 5.92 Å². The molecule has 5 nitrogen and oxygen atoms in total. The number of pyridine rings is 1. The molecule has 0 radical (unpaired) electrons. The monoisotopic (exact) mass is 295 g/mol. The van der Waals surface area contributed by atoms with Crippen molar-refractivity contribution in [2.75, 3.05) is 23.3 Å². The van der Waals surface area contributed by atoms with Gasteiger partial charge >= 0.3 is 0 Å². The van der Waals surface area contributed by atoms with E-state index in [4.69, 9.17) is 0 Å². The van der Waals surface area contributed by atoms with Crippen molar-refractivity contribution in [3.8, 4) is 0 Å². The summed E-state index contributed by atoms with van der Waals surface area (Å²) in [6.45, 7) is 2.06. The summed E-state index contributed by atoms with van der Waals surface area (Å²) in [7, 11) is 0. The summed E-state index contributed by atoms with van der Waals surface area (Å²) in [5.41, 5.74) is 1.13. The zero-order valence-corrected chi connectivity index (χ0v) is 12.7. The fourth-order valence-electron chi connectivity index (χ4n) is 3.09. The summed E-state index contributed by atoms with van der Waals surface area (Å²) in [6, 6.07) is 8.53. The first kappa shape index (κ1) is 13.5. The Morgan fingerprint density at radius 1 is 1.14 bits per heavy atom. The molecule has 0 bridgehead atoms. The molecule has 4 rings (SSSR count).